The molecule has 5 heteroatoms. The molecule has 0 atom stereocenters. The van der Waals surface area contributed by atoms with E-state index in [1.807, 2.05) is 30.3 Å². The van der Waals surface area contributed by atoms with Gasteiger partial charge in [-0.2, -0.15) is 0 Å². The van der Waals surface area contributed by atoms with Crippen LogP contribution in [0.4, 0.5) is 0 Å². The van der Waals surface area contributed by atoms with E-state index in [-0.39, 0.29) is 11.8 Å². The van der Waals surface area contributed by atoms with Crippen molar-refractivity contribution in [3.8, 4) is 0 Å². The number of pyridine rings is 1. The maximum atomic E-state index is 12.4. The first-order chi connectivity index (χ1) is 13.7. The van der Waals surface area contributed by atoms with Crippen molar-refractivity contribution >= 4 is 11.8 Å². The zero-order valence-corrected chi connectivity index (χ0v) is 16.1. The third-order valence-electron chi connectivity index (χ3n) is 4.92. The van der Waals surface area contributed by atoms with E-state index < -0.39 is 0 Å². The van der Waals surface area contributed by atoms with E-state index >= 15 is 0 Å². The van der Waals surface area contributed by atoms with E-state index in [0.29, 0.717) is 24.2 Å². The number of rotatable bonds is 8. The molecule has 2 aromatic rings. The third kappa shape index (κ3) is 6.05. The van der Waals surface area contributed by atoms with Crippen LogP contribution in [0.3, 0.4) is 0 Å². The summed E-state index contributed by atoms with van der Waals surface area (Å²) in [5.74, 6) is -0.409. The minimum absolute atomic E-state index is 0.192. The molecule has 0 saturated heterocycles. The molecular formula is C23H27N3O2. The molecule has 2 amide bonds. The quantitative estimate of drug-likeness (QED) is 0.690. The van der Waals surface area contributed by atoms with Crippen molar-refractivity contribution in [1.29, 1.82) is 0 Å². The Hall–Kier alpha value is -2.95. The van der Waals surface area contributed by atoms with E-state index in [2.05, 4.69) is 21.7 Å². The molecule has 2 N–H and O–H groups in total. The van der Waals surface area contributed by atoms with Crippen LogP contribution in [0.15, 0.2) is 60.4 Å². The van der Waals surface area contributed by atoms with Gasteiger partial charge in [-0.1, -0.05) is 42.0 Å². The van der Waals surface area contributed by atoms with Gasteiger partial charge in [-0.15, -0.1) is 0 Å². The van der Waals surface area contributed by atoms with Crippen molar-refractivity contribution in [2.45, 2.75) is 38.5 Å². The van der Waals surface area contributed by atoms with Gasteiger partial charge in [0, 0.05) is 25.5 Å². The highest BCUT2D eigenvalue weighted by Crippen LogP contribution is 2.19. The summed E-state index contributed by atoms with van der Waals surface area (Å²) in [6, 6.07) is 11.6. The van der Waals surface area contributed by atoms with Crippen LogP contribution < -0.4 is 10.6 Å². The molecule has 3 rings (SSSR count). The van der Waals surface area contributed by atoms with E-state index in [0.717, 1.165) is 25.7 Å². The predicted molar refractivity (Wildman–Crippen MR) is 110 cm³/mol. The molecule has 146 valence electrons. The number of nitrogens with one attached hydrogen (secondary N) is 2. The Bertz CT molecular complexity index is 831. The molecule has 1 heterocycles. The van der Waals surface area contributed by atoms with Gasteiger partial charge in [-0.25, -0.2) is 0 Å². The number of amides is 2. The van der Waals surface area contributed by atoms with Gasteiger partial charge in [0.25, 0.3) is 11.8 Å². The fourth-order valence-electron chi connectivity index (χ4n) is 3.33. The smallest absolute Gasteiger partial charge is 0.252 e. The first kappa shape index (κ1) is 19.8. The summed E-state index contributed by atoms with van der Waals surface area (Å²) < 4.78 is 0. The second kappa shape index (κ2) is 10.4. The topological polar surface area (TPSA) is 71.1 Å². The normalized spacial score (nSPS) is 13.5. The van der Waals surface area contributed by atoms with Crippen molar-refractivity contribution in [3.05, 3.63) is 77.1 Å². The Labute approximate surface area is 166 Å². The molecule has 28 heavy (non-hydrogen) atoms. The molecule has 1 aromatic heterocycles. The molecule has 1 aromatic carbocycles. The number of aromatic nitrogens is 1. The van der Waals surface area contributed by atoms with Crippen LogP contribution in [0.1, 0.15) is 58.4 Å². The Kier molecular flexibility index (Phi) is 7.36. The first-order valence-corrected chi connectivity index (χ1v) is 9.95. The highest BCUT2D eigenvalue weighted by atomic mass is 16.2. The van der Waals surface area contributed by atoms with Crippen LogP contribution in [-0.2, 0) is 6.42 Å². The highest BCUT2D eigenvalue weighted by Gasteiger charge is 2.11. The molecule has 0 radical (unpaired) electrons. The summed E-state index contributed by atoms with van der Waals surface area (Å²) in [5.41, 5.74) is 3.40. The van der Waals surface area contributed by atoms with Gasteiger partial charge in [0.15, 0.2) is 0 Å². The largest absolute Gasteiger partial charge is 0.352 e. The van der Waals surface area contributed by atoms with Crippen molar-refractivity contribution in [1.82, 2.24) is 15.6 Å². The number of carbonyl (C=O) groups is 2. The van der Waals surface area contributed by atoms with Gasteiger partial charge in [0.2, 0.25) is 0 Å². The summed E-state index contributed by atoms with van der Waals surface area (Å²) >= 11 is 0. The van der Waals surface area contributed by atoms with Crippen LogP contribution in [0.25, 0.3) is 0 Å². The average molecular weight is 377 g/mol. The Morgan fingerprint density at radius 3 is 2.21 bits per heavy atom. The lowest BCUT2D eigenvalue weighted by molar-refractivity contribution is 0.0953. The lowest BCUT2D eigenvalue weighted by atomic mass is 9.97. The standard InChI is InChI=1S/C23H27N3O2/c27-22(25-13-11-18-7-3-1-4-8-18)20-15-21(17-24-16-20)23(28)26-14-12-19-9-5-2-6-10-19/h1,3-4,7-9,15-17H,2,5-6,10-14H2,(H,25,27)(H,26,28). The van der Waals surface area contributed by atoms with Crippen molar-refractivity contribution in [2.75, 3.05) is 13.1 Å². The lowest BCUT2D eigenvalue weighted by Crippen LogP contribution is -2.28. The van der Waals surface area contributed by atoms with Crippen molar-refractivity contribution in [2.24, 2.45) is 0 Å². The number of nitrogens with zero attached hydrogens (tertiary/aromatic N) is 1. The monoisotopic (exact) mass is 377 g/mol. The summed E-state index contributed by atoms with van der Waals surface area (Å²) in [7, 11) is 0. The van der Waals surface area contributed by atoms with Crippen LogP contribution >= 0.6 is 0 Å². The molecule has 0 saturated carbocycles. The summed E-state index contributed by atoms with van der Waals surface area (Å²) in [4.78, 5) is 28.8. The van der Waals surface area contributed by atoms with Gasteiger partial charge in [-0.05, 0) is 50.2 Å². The molecule has 0 bridgehead atoms. The van der Waals surface area contributed by atoms with Crippen molar-refractivity contribution < 1.29 is 9.59 Å². The summed E-state index contributed by atoms with van der Waals surface area (Å²) in [6.07, 6.45) is 11.7. The maximum absolute atomic E-state index is 12.4. The molecule has 5 nitrogen and oxygen atoms in total. The van der Waals surface area contributed by atoms with Crippen LogP contribution in [0.2, 0.25) is 0 Å². The minimum atomic E-state index is -0.217. The van der Waals surface area contributed by atoms with Crippen LogP contribution in [0.5, 0.6) is 0 Å². The number of carbonyl (C=O) groups excluding carboxylic acids is 2. The van der Waals surface area contributed by atoms with E-state index in [1.165, 1.54) is 36.4 Å². The number of hydrogen-bond acceptors (Lipinski definition) is 3. The molecule has 1 aliphatic rings. The zero-order chi connectivity index (χ0) is 19.6. The molecule has 0 unspecified atom stereocenters. The van der Waals surface area contributed by atoms with E-state index in [4.69, 9.17) is 0 Å². The molecule has 0 aliphatic heterocycles. The van der Waals surface area contributed by atoms with E-state index in [1.54, 1.807) is 6.07 Å². The zero-order valence-electron chi connectivity index (χ0n) is 16.1. The van der Waals surface area contributed by atoms with Gasteiger partial charge in [0.1, 0.15) is 0 Å². The van der Waals surface area contributed by atoms with Gasteiger partial charge in [0.05, 0.1) is 11.1 Å². The second-order valence-corrected chi connectivity index (χ2v) is 7.07. The Morgan fingerprint density at radius 2 is 1.57 bits per heavy atom. The number of benzene rings is 1. The van der Waals surface area contributed by atoms with Crippen LogP contribution in [0, 0.1) is 0 Å². The minimum Gasteiger partial charge on any atom is -0.352 e. The average Bonchev–Trinajstić information content (AvgIpc) is 2.75. The molecule has 1 aliphatic carbocycles. The Balaban J connectivity index is 1.47. The fraction of sp³-hybridized carbons (Fsp3) is 0.348. The lowest BCUT2D eigenvalue weighted by Gasteiger charge is -2.13. The first-order valence-electron chi connectivity index (χ1n) is 9.95. The fourth-order valence-corrected chi connectivity index (χ4v) is 3.33. The van der Waals surface area contributed by atoms with Gasteiger partial charge >= 0.3 is 0 Å². The SMILES string of the molecule is O=C(NCCC1=CCCCC1)c1cncc(C(=O)NCCc2ccccc2)c1. The number of allylic oxidation sites excluding steroid dienone is 1. The third-order valence-corrected chi connectivity index (χ3v) is 4.92. The molecular weight excluding hydrogens is 350 g/mol. The highest BCUT2D eigenvalue weighted by molar-refractivity contribution is 5.99. The summed E-state index contributed by atoms with van der Waals surface area (Å²) in [6.45, 7) is 1.15. The predicted octanol–water partition coefficient (Wildman–Crippen LogP) is 3.67. The number of hydrogen-bond donors (Lipinski definition) is 2. The molecule has 0 fully saturated rings. The summed E-state index contributed by atoms with van der Waals surface area (Å²) in [5, 5.41) is 5.81. The maximum Gasteiger partial charge on any atom is 0.252 e. The second-order valence-electron chi connectivity index (χ2n) is 7.07. The van der Waals surface area contributed by atoms with Crippen LogP contribution in [-0.4, -0.2) is 29.9 Å². The van der Waals surface area contributed by atoms with Gasteiger partial charge < -0.3 is 10.6 Å². The van der Waals surface area contributed by atoms with Crippen molar-refractivity contribution in [3.63, 3.8) is 0 Å². The Morgan fingerprint density at radius 1 is 0.893 bits per heavy atom. The molecule has 0 spiro atoms. The van der Waals surface area contributed by atoms with E-state index in [9.17, 15) is 9.59 Å². The van der Waals surface area contributed by atoms with Gasteiger partial charge in [-0.3, -0.25) is 14.6 Å².